The number of carbonyl (C=O) groups excluding carboxylic acids is 2. The molecule has 2 heterocycles. The summed E-state index contributed by atoms with van der Waals surface area (Å²) >= 11 is 1.28. The zero-order chi connectivity index (χ0) is 28.3. The average Bonchev–Trinajstić information content (AvgIpc) is 3.61. The summed E-state index contributed by atoms with van der Waals surface area (Å²) in [6.45, 7) is 0. The predicted octanol–water partition coefficient (Wildman–Crippen LogP) is 6.03. The number of fused-ring (bicyclic) bond motifs is 1. The number of anilines is 1. The van der Waals surface area contributed by atoms with E-state index in [0.29, 0.717) is 23.0 Å². The third-order valence-corrected chi connectivity index (χ3v) is 8.31. The number of nitrogens with zero attached hydrogens (tertiary/aromatic N) is 3. The summed E-state index contributed by atoms with van der Waals surface area (Å²) in [6, 6.07) is 29.3. The number of nitrogens with one attached hydrogen (secondary N) is 1. The van der Waals surface area contributed by atoms with Gasteiger partial charge in [0.1, 0.15) is 16.7 Å². The van der Waals surface area contributed by atoms with E-state index in [-0.39, 0.29) is 24.3 Å². The highest BCUT2D eigenvalue weighted by atomic mass is 32.2. The number of rotatable bonds is 7. The molecule has 4 aromatic carbocycles. The molecule has 4 aromatic rings. The molecule has 2 amide bonds. The Morgan fingerprint density at radius 1 is 0.927 bits per heavy atom. The van der Waals surface area contributed by atoms with Gasteiger partial charge in [0, 0.05) is 18.5 Å². The van der Waals surface area contributed by atoms with Crippen LogP contribution in [0.2, 0.25) is 0 Å². The highest BCUT2D eigenvalue weighted by Gasteiger charge is 2.39. The van der Waals surface area contributed by atoms with Gasteiger partial charge in [0.05, 0.1) is 26.0 Å². The number of hydrazone groups is 1. The average molecular weight is 565 g/mol. The number of ether oxygens (including phenoxy) is 2. The number of amides is 2. The van der Waals surface area contributed by atoms with Crippen molar-refractivity contribution >= 4 is 50.9 Å². The quantitative estimate of drug-likeness (QED) is 0.295. The van der Waals surface area contributed by atoms with Crippen molar-refractivity contribution in [3.8, 4) is 11.5 Å². The molecule has 0 fully saturated rings. The molecule has 1 N–H and O–H groups in total. The molecule has 2 aliphatic heterocycles. The fourth-order valence-corrected chi connectivity index (χ4v) is 6.04. The van der Waals surface area contributed by atoms with E-state index in [2.05, 4.69) is 40.6 Å². The summed E-state index contributed by atoms with van der Waals surface area (Å²) in [6.07, 6.45) is 0.645. The molecule has 0 spiro atoms. The van der Waals surface area contributed by atoms with E-state index in [4.69, 9.17) is 14.6 Å². The Morgan fingerprint density at radius 3 is 2.32 bits per heavy atom. The molecule has 206 valence electrons. The lowest BCUT2D eigenvalue weighted by molar-refractivity contribution is -0.121. The van der Waals surface area contributed by atoms with Crippen LogP contribution in [0.15, 0.2) is 101 Å². The van der Waals surface area contributed by atoms with Crippen molar-refractivity contribution in [3.63, 3.8) is 0 Å². The first-order chi connectivity index (χ1) is 20.0. The Kier molecular flexibility index (Phi) is 7.43. The normalized spacial score (nSPS) is 18.3. The van der Waals surface area contributed by atoms with Crippen molar-refractivity contribution < 1.29 is 19.1 Å². The van der Waals surface area contributed by atoms with Crippen LogP contribution in [0.3, 0.4) is 0 Å². The van der Waals surface area contributed by atoms with Gasteiger partial charge >= 0.3 is 0 Å². The van der Waals surface area contributed by atoms with E-state index < -0.39 is 5.25 Å². The van der Waals surface area contributed by atoms with E-state index in [1.54, 1.807) is 38.5 Å². The third-order valence-electron chi connectivity index (χ3n) is 7.16. The first-order valence-electron chi connectivity index (χ1n) is 13.2. The van der Waals surface area contributed by atoms with Crippen LogP contribution >= 0.6 is 11.8 Å². The Morgan fingerprint density at radius 2 is 1.61 bits per heavy atom. The molecular formula is C32H28N4O4S. The second-order valence-corrected chi connectivity index (χ2v) is 10.9. The minimum Gasteiger partial charge on any atom is -0.497 e. The number of aliphatic imine (C=N–C) groups is 1. The first-order valence-corrected chi connectivity index (χ1v) is 14.1. The molecule has 2 aliphatic rings. The van der Waals surface area contributed by atoms with Gasteiger partial charge in [0.25, 0.3) is 5.91 Å². The maximum absolute atomic E-state index is 12.9. The van der Waals surface area contributed by atoms with Crippen LogP contribution in [0.25, 0.3) is 10.8 Å². The van der Waals surface area contributed by atoms with Gasteiger partial charge in [-0.25, -0.2) is 5.01 Å². The Bertz CT molecular complexity index is 1670. The van der Waals surface area contributed by atoms with E-state index in [1.165, 1.54) is 11.8 Å². The van der Waals surface area contributed by atoms with Crippen LogP contribution in [0.1, 0.15) is 30.0 Å². The standard InChI is InChI=1S/C32H28N4O4S/c1-39-25-13-9-21(10-14-25)28-18-27(23-8-7-20-5-3-4-6-22(20)17-23)35-36(28)32-34-31(38)29(41-32)19-30(37)33-24-11-15-26(40-2)16-12-24/h3-17,28-29H,18-19H2,1-2H3,(H,33,37)/t28-,29-/m0/s1. The minimum absolute atomic E-state index is 0.00478. The monoisotopic (exact) mass is 564 g/mol. The smallest absolute Gasteiger partial charge is 0.262 e. The topological polar surface area (TPSA) is 92.6 Å². The molecule has 0 radical (unpaired) electrons. The van der Waals surface area contributed by atoms with Crippen molar-refractivity contribution in [2.75, 3.05) is 19.5 Å². The number of hydrogen-bond donors (Lipinski definition) is 1. The zero-order valence-corrected chi connectivity index (χ0v) is 23.4. The molecule has 0 bridgehead atoms. The fourth-order valence-electron chi connectivity index (χ4n) is 4.98. The van der Waals surface area contributed by atoms with Gasteiger partial charge < -0.3 is 14.8 Å². The van der Waals surface area contributed by atoms with E-state index in [1.807, 2.05) is 41.4 Å². The molecule has 0 saturated carbocycles. The summed E-state index contributed by atoms with van der Waals surface area (Å²) in [5.74, 6) is 0.867. The molecule has 0 aliphatic carbocycles. The van der Waals surface area contributed by atoms with Crippen molar-refractivity contribution in [1.29, 1.82) is 0 Å². The van der Waals surface area contributed by atoms with E-state index in [0.717, 1.165) is 33.4 Å². The lowest BCUT2D eigenvalue weighted by Gasteiger charge is -2.23. The molecule has 9 heteroatoms. The van der Waals surface area contributed by atoms with Crippen LogP contribution in [0, 0.1) is 0 Å². The van der Waals surface area contributed by atoms with Gasteiger partial charge in [0.2, 0.25) is 5.91 Å². The summed E-state index contributed by atoms with van der Waals surface area (Å²) in [7, 11) is 3.22. The van der Waals surface area contributed by atoms with Crippen molar-refractivity contribution in [3.05, 3.63) is 102 Å². The van der Waals surface area contributed by atoms with Crippen molar-refractivity contribution in [1.82, 2.24) is 5.01 Å². The lowest BCUT2D eigenvalue weighted by Crippen LogP contribution is -2.25. The van der Waals surface area contributed by atoms with E-state index >= 15 is 0 Å². The number of amidine groups is 1. The van der Waals surface area contributed by atoms with Gasteiger partial charge in [-0.15, -0.1) is 0 Å². The molecule has 0 aromatic heterocycles. The molecule has 41 heavy (non-hydrogen) atoms. The predicted molar refractivity (Wildman–Crippen MR) is 163 cm³/mol. The number of thioether (sulfide) groups is 1. The number of carbonyl (C=O) groups is 2. The molecule has 0 unspecified atom stereocenters. The molecular weight excluding hydrogens is 536 g/mol. The SMILES string of the molecule is COc1ccc(NC(=O)C[C@@H]2SC(N3N=C(c4ccc5ccccc5c4)C[C@H]3c3ccc(OC)cc3)=NC2=O)cc1. The molecule has 6 rings (SSSR count). The summed E-state index contributed by atoms with van der Waals surface area (Å²) < 4.78 is 10.5. The second kappa shape index (κ2) is 11.5. The molecule has 2 atom stereocenters. The maximum Gasteiger partial charge on any atom is 0.262 e. The highest BCUT2D eigenvalue weighted by molar-refractivity contribution is 8.15. The van der Waals surface area contributed by atoms with Crippen LogP contribution in [0.4, 0.5) is 5.69 Å². The van der Waals surface area contributed by atoms with Gasteiger partial charge in [-0.05, 0) is 64.4 Å². The largest absolute Gasteiger partial charge is 0.497 e. The second-order valence-electron chi connectivity index (χ2n) is 9.77. The van der Waals surface area contributed by atoms with Crippen molar-refractivity contribution in [2.24, 2.45) is 10.1 Å². The van der Waals surface area contributed by atoms with Crippen LogP contribution in [-0.4, -0.2) is 47.2 Å². The maximum atomic E-state index is 12.9. The Hall–Kier alpha value is -4.63. The number of methoxy groups -OCH3 is 2. The zero-order valence-electron chi connectivity index (χ0n) is 22.6. The molecule has 0 saturated heterocycles. The van der Waals surface area contributed by atoms with Crippen LogP contribution in [-0.2, 0) is 9.59 Å². The highest BCUT2D eigenvalue weighted by Crippen LogP contribution is 2.39. The van der Waals surface area contributed by atoms with Crippen molar-refractivity contribution in [2.45, 2.75) is 24.1 Å². The summed E-state index contributed by atoms with van der Waals surface area (Å²) in [5.41, 5.74) is 3.60. The minimum atomic E-state index is -0.625. The Balaban J connectivity index is 1.23. The van der Waals surface area contributed by atoms with Crippen LogP contribution in [0.5, 0.6) is 11.5 Å². The molecule has 8 nitrogen and oxygen atoms in total. The summed E-state index contributed by atoms with van der Waals surface area (Å²) in [5, 5.41) is 11.8. The van der Waals surface area contributed by atoms with Gasteiger partial charge in [-0.3, -0.25) is 9.59 Å². The Labute approximate surface area is 242 Å². The number of benzene rings is 4. The van der Waals surface area contributed by atoms with E-state index in [9.17, 15) is 9.59 Å². The lowest BCUT2D eigenvalue weighted by atomic mass is 9.97. The van der Waals surface area contributed by atoms with Gasteiger partial charge in [-0.2, -0.15) is 10.1 Å². The summed E-state index contributed by atoms with van der Waals surface area (Å²) in [4.78, 5) is 30.1. The van der Waals surface area contributed by atoms with Gasteiger partial charge in [-0.1, -0.05) is 60.3 Å². The van der Waals surface area contributed by atoms with Gasteiger partial charge in [0.15, 0.2) is 5.17 Å². The number of hydrogen-bond acceptors (Lipinski definition) is 7. The van der Waals surface area contributed by atoms with Crippen LogP contribution < -0.4 is 14.8 Å². The third kappa shape index (κ3) is 5.67. The first kappa shape index (κ1) is 26.6. The fraction of sp³-hybridized carbons (Fsp3) is 0.188.